The van der Waals surface area contributed by atoms with Gasteiger partial charge in [-0.25, -0.2) is 0 Å². The summed E-state index contributed by atoms with van der Waals surface area (Å²) in [6, 6.07) is 10.4. The quantitative estimate of drug-likeness (QED) is 0.835. The molecule has 5 heteroatoms. The standard InChI is InChI=1S/C15H17N3O2/c16-6-7-17-15(20)13-3-1-2-12(10-13)11-18-8-4-14(19)5-9-18/h1-5,8-10H,6-7,11,16H2,(H,17,20). The number of benzene rings is 1. The van der Waals surface area contributed by atoms with Crippen LogP contribution in [-0.4, -0.2) is 23.6 Å². The minimum Gasteiger partial charge on any atom is -0.351 e. The van der Waals surface area contributed by atoms with E-state index in [-0.39, 0.29) is 11.3 Å². The second kappa shape index (κ2) is 6.68. The molecular formula is C15H17N3O2. The predicted molar refractivity (Wildman–Crippen MR) is 77.6 cm³/mol. The molecule has 3 N–H and O–H groups in total. The summed E-state index contributed by atoms with van der Waals surface area (Å²) >= 11 is 0. The fourth-order valence-corrected chi connectivity index (χ4v) is 1.86. The SMILES string of the molecule is NCCNC(=O)c1cccc(Cn2ccc(=O)cc2)c1. The highest BCUT2D eigenvalue weighted by Gasteiger charge is 2.05. The van der Waals surface area contributed by atoms with Crippen LogP contribution in [0.2, 0.25) is 0 Å². The van der Waals surface area contributed by atoms with Gasteiger partial charge in [0.2, 0.25) is 0 Å². The molecule has 2 aromatic rings. The zero-order chi connectivity index (χ0) is 14.4. The van der Waals surface area contributed by atoms with Crippen LogP contribution in [-0.2, 0) is 6.54 Å². The number of carbonyl (C=O) groups is 1. The summed E-state index contributed by atoms with van der Waals surface area (Å²) in [6.07, 6.45) is 3.45. The third-order valence-electron chi connectivity index (χ3n) is 2.84. The largest absolute Gasteiger partial charge is 0.351 e. The first-order chi connectivity index (χ1) is 9.69. The smallest absolute Gasteiger partial charge is 0.251 e. The van der Waals surface area contributed by atoms with E-state index >= 15 is 0 Å². The molecule has 2 rings (SSSR count). The average Bonchev–Trinajstić information content (AvgIpc) is 2.47. The van der Waals surface area contributed by atoms with Gasteiger partial charge in [-0.15, -0.1) is 0 Å². The molecule has 0 bridgehead atoms. The number of nitrogens with one attached hydrogen (secondary N) is 1. The molecule has 104 valence electrons. The van der Waals surface area contributed by atoms with Crippen molar-refractivity contribution in [2.75, 3.05) is 13.1 Å². The van der Waals surface area contributed by atoms with Crippen molar-refractivity contribution in [3.05, 3.63) is 70.1 Å². The maximum atomic E-state index is 11.8. The van der Waals surface area contributed by atoms with E-state index in [1.165, 1.54) is 12.1 Å². The van der Waals surface area contributed by atoms with Crippen LogP contribution in [0.4, 0.5) is 0 Å². The molecule has 1 aromatic heterocycles. The Morgan fingerprint density at radius 1 is 1.20 bits per heavy atom. The summed E-state index contributed by atoms with van der Waals surface area (Å²) in [5, 5.41) is 2.74. The molecule has 0 saturated carbocycles. The second-order valence-electron chi connectivity index (χ2n) is 4.45. The number of hydrogen-bond acceptors (Lipinski definition) is 3. The van der Waals surface area contributed by atoms with Gasteiger partial charge in [0.1, 0.15) is 0 Å². The van der Waals surface area contributed by atoms with Gasteiger partial charge in [-0.05, 0) is 17.7 Å². The van der Waals surface area contributed by atoms with Crippen LogP contribution in [0.25, 0.3) is 0 Å². The van der Waals surface area contributed by atoms with Gasteiger partial charge in [0, 0.05) is 49.7 Å². The monoisotopic (exact) mass is 271 g/mol. The van der Waals surface area contributed by atoms with Crippen molar-refractivity contribution in [1.82, 2.24) is 9.88 Å². The van der Waals surface area contributed by atoms with Crippen molar-refractivity contribution in [2.45, 2.75) is 6.54 Å². The van der Waals surface area contributed by atoms with Crippen molar-refractivity contribution >= 4 is 5.91 Å². The maximum absolute atomic E-state index is 11.8. The minimum atomic E-state index is -0.128. The van der Waals surface area contributed by atoms with Crippen LogP contribution in [0.15, 0.2) is 53.6 Å². The zero-order valence-corrected chi connectivity index (χ0v) is 11.1. The van der Waals surface area contributed by atoms with Gasteiger partial charge in [-0.1, -0.05) is 12.1 Å². The number of amides is 1. The fourth-order valence-electron chi connectivity index (χ4n) is 1.86. The lowest BCUT2D eigenvalue weighted by molar-refractivity contribution is 0.0954. The van der Waals surface area contributed by atoms with Gasteiger partial charge < -0.3 is 15.6 Å². The summed E-state index contributed by atoms with van der Waals surface area (Å²) in [4.78, 5) is 22.9. The lowest BCUT2D eigenvalue weighted by atomic mass is 10.1. The van der Waals surface area contributed by atoms with E-state index in [2.05, 4.69) is 5.32 Å². The molecule has 0 fully saturated rings. The number of aromatic nitrogens is 1. The summed E-state index contributed by atoms with van der Waals surface area (Å²) in [6.45, 7) is 1.49. The highest BCUT2D eigenvalue weighted by atomic mass is 16.1. The van der Waals surface area contributed by atoms with Crippen LogP contribution < -0.4 is 16.5 Å². The number of nitrogens with zero attached hydrogens (tertiary/aromatic N) is 1. The summed E-state index contributed by atoms with van der Waals surface area (Å²) < 4.78 is 1.89. The first-order valence-corrected chi connectivity index (χ1v) is 6.42. The van der Waals surface area contributed by atoms with E-state index in [0.29, 0.717) is 25.2 Å². The van der Waals surface area contributed by atoms with Crippen LogP contribution >= 0.6 is 0 Å². The maximum Gasteiger partial charge on any atom is 0.251 e. The molecule has 0 aliphatic rings. The van der Waals surface area contributed by atoms with Crippen molar-refractivity contribution < 1.29 is 4.79 Å². The first kappa shape index (κ1) is 14.0. The molecular weight excluding hydrogens is 254 g/mol. The number of carbonyl (C=O) groups excluding carboxylic acids is 1. The molecule has 0 atom stereocenters. The highest BCUT2D eigenvalue weighted by Crippen LogP contribution is 2.07. The molecule has 1 amide bonds. The lowest BCUT2D eigenvalue weighted by Crippen LogP contribution is -2.29. The average molecular weight is 271 g/mol. The summed E-state index contributed by atoms with van der Waals surface area (Å²) in [5.74, 6) is -0.128. The van der Waals surface area contributed by atoms with Crippen LogP contribution in [0.1, 0.15) is 15.9 Å². The molecule has 1 heterocycles. The Kier molecular flexibility index (Phi) is 4.68. The molecule has 0 unspecified atom stereocenters. The van der Waals surface area contributed by atoms with Gasteiger partial charge in [0.15, 0.2) is 5.43 Å². The molecule has 5 nitrogen and oxygen atoms in total. The third kappa shape index (κ3) is 3.80. The molecule has 0 spiro atoms. The van der Waals surface area contributed by atoms with Gasteiger partial charge in [0.25, 0.3) is 5.91 Å². The van der Waals surface area contributed by atoms with E-state index in [0.717, 1.165) is 5.56 Å². The van der Waals surface area contributed by atoms with E-state index < -0.39 is 0 Å². The van der Waals surface area contributed by atoms with E-state index in [1.54, 1.807) is 18.5 Å². The van der Waals surface area contributed by atoms with E-state index in [1.807, 2.05) is 22.8 Å². The minimum absolute atomic E-state index is 0.0174. The van der Waals surface area contributed by atoms with Gasteiger partial charge >= 0.3 is 0 Å². The molecule has 0 aliphatic heterocycles. The second-order valence-corrected chi connectivity index (χ2v) is 4.45. The van der Waals surface area contributed by atoms with Gasteiger partial charge in [-0.2, -0.15) is 0 Å². The van der Waals surface area contributed by atoms with Crippen molar-refractivity contribution in [3.8, 4) is 0 Å². The van der Waals surface area contributed by atoms with Crippen LogP contribution in [0, 0.1) is 0 Å². The molecule has 20 heavy (non-hydrogen) atoms. The number of hydrogen-bond donors (Lipinski definition) is 2. The Labute approximate surface area is 117 Å². The first-order valence-electron chi connectivity index (χ1n) is 6.42. The summed E-state index contributed by atoms with van der Waals surface area (Å²) in [5.41, 5.74) is 6.94. The normalized spacial score (nSPS) is 10.2. The van der Waals surface area contributed by atoms with E-state index in [4.69, 9.17) is 5.73 Å². The topological polar surface area (TPSA) is 77.1 Å². The Bertz CT molecular complexity index is 629. The van der Waals surface area contributed by atoms with Crippen molar-refractivity contribution in [3.63, 3.8) is 0 Å². The number of rotatable bonds is 5. The highest BCUT2D eigenvalue weighted by molar-refractivity contribution is 5.94. The van der Waals surface area contributed by atoms with Gasteiger partial charge in [0.05, 0.1) is 0 Å². The Hall–Kier alpha value is -2.40. The lowest BCUT2D eigenvalue weighted by Gasteiger charge is -2.08. The number of pyridine rings is 1. The van der Waals surface area contributed by atoms with Gasteiger partial charge in [-0.3, -0.25) is 9.59 Å². The number of nitrogens with two attached hydrogens (primary N) is 1. The Morgan fingerprint density at radius 3 is 2.65 bits per heavy atom. The Balaban J connectivity index is 2.11. The molecule has 0 aliphatic carbocycles. The molecule has 0 radical (unpaired) electrons. The van der Waals surface area contributed by atoms with Crippen LogP contribution in [0.5, 0.6) is 0 Å². The van der Waals surface area contributed by atoms with Crippen molar-refractivity contribution in [1.29, 1.82) is 0 Å². The predicted octanol–water partition coefficient (Wildman–Crippen LogP) is 0.585. The molecule has 0 saturated heterocycles. The molecule has 1 aromatic carbocycles. The fraction of sp³-hybridized carbons (Fsp3) is 0.200. The van der Waals surface area contributed by atoms with Crippen molar-refractivity contribution in [2.24, 2.45) is 5.73 Å². The van der Waals surface area contributed by atoms with Crippen LogP contribution in [0.3, 0.4) is 0 Å². The Morgan fingerprint density at radius 2 is 1.95 bits per heavy atom. The van der Waals surface area contributed by atoms with E-state index in [9.17, 15) is 9.59 Å². The third-order valence-corrected chi connectivity index (χ3v) is 2.84. The zero-order valence-electron chi connectivity index (χ0n) is 11.1. The summed E-state index contributed by atoms with van der Waals surface area (Å²) in [7, 11) is 0.